The molecule has 0 aliphatic rings. The van der Waals surface area contributed by atoms with Crippen LogP contribution in [0.5, 0.6) is 0 Å². The molecule has 5 N–H and O–H groups in total. The zero-order chi connectivity index (χ0) is 0. The minimum absolute atomic E-state index is 0. The van der Waals surface area contributed by atoms with Crippen molar-refractivity contribution in [2.75, 3.05) is 0 Å². The van der Waals surface area contributed by atoms with Gasteiger partial charge in [0.05, 0.1) is 0 Å². The van der Waals surface area contributed by atoms with Crippen LogP contribution in [-0.4, -0.2) is 0 Å². The van der Waals surface area contributed by atoms with Gasteiger partial charge in [0, 0.05) is 63.2 Å². The second kappa shape index (κ2) is 37.7. The van der Waals surface area contributed by atoms with Crippen molar-refractivity contribution < 1.29 is 63.2 Å². The fraction of sp³-hybridized carbons (Fsp3) is 0. The monoisotopic (exact) mass is 585 g/mol. The number of rotatable bonds is 0. The summed E-state index contributed by atoms with van der Waals surface area (Å²) in [7, 11) is 0. The van der Waals surface area contributed by atoms with Crippen molar-refractivity contribution in [3.8, 4) is 0 Å². The zero-order valence-corrected chi connectivity index (χ0v) is 11.3. The summed E-state index contributed by atoms with van der Waals surface area (Å²) in [6, 6.07) is 0. The molecule has 0 aromatic rings. The van der Waals surface area contributed by atoms with Gasteiger partial charge in [-0.15, -0.1) is 0 Å². The van der Waals surface area contributed by atoms with Gasteiger partial charge in [-0.05, 0) is 0 Å². The van der Waals surface area contributed by atoms with Gasteiger partial charge in [-0.1, -0.05) is 0 Å². The van der Waals surface area contributed by atoms with Crippen molar-refractivity contribution >= 4 is 0 Å². The molecule has 0 unspecified atom stereocenters. The Kier molecular flexibility index (Phi) is 479. The molecular weight excluding hydrogens is 580 g/mol. The predicted octanol–water partition coefficient (Wildman–Crippen LogP) is 0.872. The minimum atomic E-state index is 0. The van der Waals surface area contributed by atoms with E-state index in [0.29, 0.717) is 0 Å². The van der Waals surface area contributed by atoms with Crippen molar-refractivity contribution in [1.29, 1.82) is 0 Å². The SMILES string of the molecule is N.[NH2-].[W].[W].[W]. The van der Waals surface area contributed by atoms with Crippen LogP contribution in [-0.2, 0) is 63.2 Å². The van der Waals surface area contributed by atoms with Crippen LogP contribution < -0.4 is 6.15 Å². The zero-order valence-electron chi connectivity index (χ0n) is 2.51. The van der Waals surface area contributed by atoms with Crippen molar-refractivity contribution in [2.45, 2.75) is 0 Å². The molecule has 0 saturated carbocycles. The molecule has 0 rings (SSSR count). The molecule has 0 aliphatic carbocycles. The van der Waals surface area contributed by atoms with Crippen molar-refractivity contribution in [3.63, 3.8) is 0 Å². The standard InChI is InChI=1S/H3N.H2N.3W/h1H3;1H2;;;/q;-1;;;. The first-order valence-corrected chi connectivity index (χ1v) is 0. The number of hydrogen-bond acceptors (Lipinski definition) is 1. The summed E-state index contributed by atoms with van der Waals surface area (Å²) in [6.45, 7) is 0. The summed E-state index contributed by atoms with van der Waals surface area (Å²) < 4.78 is 0. The summed E-state index contributed by atoms with van der Waals surface area (Å²) in [5.41, 5.74) is 0. The van der Waals surface area contributed by atoms with E-state index in [1.807, 2.05) is 0 Å². The molecule has 0 amide bonds. The van der Waals surface area contributed by atoms with Crippen LogP contribution in [0, 0.1) is 0 Å². The largest absolute Gasteiger partial charge is 0.693 e. The van der Waals surface area contributed by atoms with Gasteiger partial charge in [-0.3, -0.25) is 0 Å². The number of hydrogen-bond donors (Lipinski definition) is 1. The maximum atomic E-state index is 0. The molecule has 0 aromatic heterocycles. The third kappa shape index (κ3) is 24.1. The minimum Gasteiger partial charge on any atom is -0.693 e. The molecule has 0 atom stereocenters. The fourth-order valence-electron chi connectivity index (χ4n) is 0. The quantitative estimate of drug-likeness (QED) is 0.452. The summed E-state index contributed by atoms with van der Waals surface area (Å²) in [4.78, 5) is 0. The van der Waals surface area contributed by atoms with Gasteiger partial charge in [0.25, 0.3) is 0 Å². The summed E-state index contributed by atoms with van der Waals surface area (Å²) in [6.07, 6.45) is 0. The van der Waals surface area contributed by atoms with E-state index in [4.69, 9.17) is 0 Å². The van der Waals surface area contributed by atoms with Gasteiger partial charge >= 0.3 is 0 Å². The molecular formula is H5N2W3-. The molecule has 0 fully saturated rings. The van der Waals surface area contributed by atoms with Crippen molar-refractivity contribution in [2.24, 2.45) is 0 Å². The van der Waals surface area contributed by atoms with Crippen LogP contribution in [0.4, 0.5) is 0 Å². The third-order valence-corrected chi connectivity index (χ3v) is 0. The Hall–Kier alpha value is 1.98. The molecule has 0 heterocycles. The van der Waals surface area contributed by atoms with Gasteiger partial charge in [-0.2, -0.15) is 0 Å². The maximum absolute atomic E-state index is 0. The Bertz CT molecular complexity index is 4.85. The topological polar surface area (TPSA) is 68.5 Å². The van der Waals surface area contributed by atoms with E-state index in [9.17, 15) is 0 Å². The normalized spacial score (nSPS) is 0. The van der Waals surface area contributed by atoms with E-state index in [1.54, 1.807) is 0 Å². The summed E-state index contributed by atoms with van der Waals surface area (Å²) in [5, 5.41) is 0. The Morgan fingerprint density at radius 1 is 0.600 bits per heavy atom. The molecule has 5 heteroatoms. The Morgan fingerprint density at radius 3 is 0.600 bits per heavy atom. The first-order chi connectivity index (χ1) is 0. The van der Waals surface area contributed by atoms with Crippen LogP contribution in [0.1, 0.15) is 0 Å². The van der Waals surface area contributed by atoms with Gasteiger partial charge in [-0.25, -0.2) is 0 Å². The summed E-state index contributed by atoms with van der Waals surface area (Å²) in [5.74, 6) is 0. The average Bonchev–Trinajstić information content (AvgIpc) is 0. The van der Waals surface area contributed by atoms with Crippen LogP contribution >= 0.6 is 0 Å². The second-order valence-corrected chi connectivity index (χ2v) is 0. The first kappa shape index (κ1) is 63.5. The average molecular weight is 585 g/mol. The van der Waals surface area contributed by atoms with Crippen LogP contribution in [0.15, 0.2) is 0 Å². The van der Waals surface area contributed by atoms with Gasteiger partial charge < -0.3 is 12.3 Å². The first-order valence-electron chi connectivity index (χ1n) is 0. The molecule has 5 heavy (non-hydrogen) atoms. The van der Waals surface area contributed by atoms with Gasteiger partial charge in [0.2, 0.25) is 0 Å². The van der Waals surface area contributed by atoms with E-state index in [0.717, 1.165) is 0 Å². The van der Waals surface area contributed by atoms with E-state index in [-0.39, 0.29) is 75.5 Å². The van der Waals surface area contributed by atoms with E-state index < -0.39 is 0 Å². The summed E-state index contributed by atoms with van der Waals surface area (Å²) >= 11 is 0. The Balaban J connectivity index is 0. The molecule has 34 valence electrons. The van der Waals surface area contributed by atoms with Gasteiger partial charge in [0.1, 0.15) is 0 Å². The van der Waals surface area contributed by atoms with Crippen molar-refractivity contribution in [3.05, 3.63) is 6.15 Å². The molecule has 0 radical (unpaired) electrons. The van der Waals surface area contributed by atoms with E-state index in [1.165, 1.54) is 0 Å². The number of nitrogens with two attached hydrogens (primary N) is 1. The molecule has 0 saturated heterocycles. The maximum Gasteiger partial charge on any atom is 0 e. The van der Waals surface area contributed by atoms with Crippen molar-refractivity contribution in [1.82, 2.24) is 6.15 Å². The smallest absolute Gasteiger partial charge is 0 e. The molecule has 0 aliphatic heterocycles. The van der Waals surface area contributed by atoms with E-state index >= 15 is 0 Å². The Morgan fingerprint density at radius 2 is 0.600 bits per heavy atom. The van der Waals surface area contributed by atoms with E-state index in [2.05, 4.69) is 0 Å². The fourth-order valence-corrected chi connectivity index (χ4v) is 0. The van der Waals surface area contributed by atoms with Crippen LogP contribution in [0.3, 0.4) is 0 Å². The second-order valence-electron chi connectivity index (χ2n) is 0. The molecule has 0 aromatic carbocycles. The molecule has 0 bridgehead atoms. The van der Waals surface area contributed by atoms with Crippen LogP contribution in [0.25, 0.3) is 6.15 Å². The van der Waals surface area contributed by atoms with Gasteiger partial charge in [0.15, 0.2) is 0 Å². The molecule has 2 nitrogen and oxygen atoms in total. The molecule has 0 spiro atoms. The third-order valence-electron chi connectivity index (χ3n) is 0. The predicted molar refractivity (Wildman–Crippen MR) is 10.3 cm³/mol. The van der Waals surface area contributed by atoms with Crippen LogP contribution in [0.2, 0.25) is 0 Å². The Labute approximate surface area is 74.8 Å².